The molecule has 3 N–H and O–H groups in total. The van der Waals surface area contributed by atoms with E-state index >= 15 is 0 Å². The SMILES string of the molecule is CCC1=C2C=C3N=C(C=C4N=C(C(C)=C4C(C)O)C(C)=C4NC(=C5CC(O)=C1C5=N2)[C@@H](CCC(=O)OC)[C@@H]4C)C(C)=C3CC(C)C. The molecule has 242 valence electrons. The van der Waals surface area contributed by atoms with Gasteiger partial charge in [-0.3, -0.25) is 4.79 Å². The zero-order chi connectivity index (χ0) is 33.2. The Bertz CT molecular complexity index is 1800. The number of methoxy groups -OCH3 is 1. The average molecular weight is 623 g/mol. The molecule has 5 heterocycles. The minimum Gasteiger partial charge on any atom is -0.511 e. The van der Waals surface area contributed by atoms with Crippen LogP contribution >= 0.6 is 0 Å². The Balaban J connectivity index is 1.64. The first-order valence-corrected chi connectivity index (χ1v) is 16.6. The number of aliphatic imine (C=N–C) groups is 3. The van der Waals surface area contributed by atoms with Gasteiger partial charge in [0, 0.05) is 52.8 Å². The first kappa shape index (κ1) is 31.9. The van der Waals surface area contributed by atoms with Crippen molar-refractivity contribution in [3.8, 4) is 0 Å². The van der Waals surface area contributed by atoms with E-state index in [0.29, 0.717) is 24.5 Å². The Morgan fingerprint density at radius 1 is 1.00 bits per heavy atom. The van der Waals surface area contributed by atoms with Crippen molar-refractivity contribution in [2.24, 2.45) is 32.7 Å². The number of carbonyl (C=O) groups excluding carboxylic acids is 1. The number of carbonyl (C=O) groups is 1. The fourth-order valence-electron chi connectivity index (χ4n) is 7.92. The van der Waals surface area contributed by atoms with Gasteiger partial charge in [-0.05, 0) is 92.9 Å². The lowest BCUT2D eigenvalue weighted by molar-refractivity contribution is -0.140. The number of aliphatic hydroxyl groups excluding tert-OH is 2. The lowest BCUT2D eigenvalue weighted by atomic mass is 9.85. The molecule has 0 aromatic carbocycles. The molecule has 8 nitrogen and oxygen atoms in total. The third-order valence-electron chi connectivity index (χ3n) is 10.3. The van der Waals surface area contributed by atoms with Crippen molar-refractivity contribution in [1.82, 2.24) is 5.32 Å². The van der Waals surface area contributed by atoms with E-state index in [9.17, 15) is 15.0 Å². The number of rotatable bonds is 7. The van der Waals surface area contributed by atoms with Gasteiger partial charge in [0.15, 0.2) is 0 Å². The van der Waals surface area contributed by atoms with Gasteiger partial charge in [-0.2, -0.15) is 0 Å². The molecule has 46 heavy (non-hydrogen) atoms. The normalized spacial score (nSPS) is 24.7. The first-order chi connectivity index (χ1) is 21.9. The molecule has 3 atom stereocenters. The standard InChI is InChI=1S/C38H46N4O4/c1-10-23-28-16-29-25(13-17(2)3)18(4)27(39-29)15-30-33(22(8)43)20(6)36(41-30)21(7)35-19(5)24(11-12-32(45)46-9)37(42-35)26-14-31(44)34(23)38(26)40-28/h15-17,19,22,24,42-44H,10-14H2,1-9H3/t19-,22?,24-/m0/s1. The second-order valence-electron chi connectivity index (χ2n) is 13.7. The first-order valence-electron chi connectivity index (χ1n) is 16.6. The highest BCUT2D eigenvalue weighted by Crippen LogP contribution is 2.48. The van der Waals surface area contributed by atoms with Gasteiger partial charge in [0.05, 0.1) is 47.4 Å². The topological polar surface area (TPSA) is 116 Å². The van der Waals surface area contributed by atoms with Gasteiger partial charge >= 0.3 is 5.97 Å². The predicted molar refractivity (Wildman–Crippen MR) is 183 cm³/mol. The molecule has 8 heteroatoms. The van der Waals surface area contributed by atoms with Crippen LogP contribution in [0.4, 0.5) is 0 Å². The summed E-state index contributed by atoms with van der Waals surface area (Å²) in [6, 6.07) is 0. The van der Waals surface area contributed by atoms with Crippen molar-refractivity contribution in [3.05, 3.63) is 91.0 Å². The van der Waals surface area contributed by atoms with Crippen LogP contribution in [0, 0.1) is 17.8 Å². The summed E-state index contributed by atoms with van der Waals surface area (Å²) in [5, 5.41) is 26.2. The van der Waals surface area contributed by atoms with E-state index in [1.54, 1.807) is 6.92 Å². The molecule has 1 aliphatic carbocycles. The molecular weight excluding hydrogens is 576 g/mol. The Morgan fingerprint density at radius 2 is 1.74 bits per heavy atom. The summed E-state index contributed by atoms with van der Waals surface area (Å²) in [7, 11) is 1.42. The third-order valence-corrected chi connectivity index (χ3v) is 10.3. The molecule has 0 saturated carbocycles. The molecule has 0 aromatic rings. The summed E-state index contributed by atoms with van der Waals surface area (Å²) in [6.07, 6.45) is 6.24. The second-order valence-corrected chi connectivity index (χ2v) is 13.7. The van der Waals surface area contributed by atoms with Crippen LogP contribution in [0.3, 0.4) is 0 Å². The van der Waals surface area contributed by atoms with Crippen LogP contribution in [0.1, 0.15) is 87.5 Å². The van der Waals surface area contributed by atoms with Crippen LogP contribution in [-0.2, 0) is 9.53 Å². The number of hydrogen-bond acceptors (Lipinski definition) is 8. The van der Waals surface area contributed by atoms with E-state index in [2.05, 4.69) is 52.9 Å². The number of fused-ring (bicyclic) bond motifs is 5. The maximum atomic E-state index is 12.3. The molecule has 0 aromatic heterocycles. The molecule has 0 spiro atoms. The lowest BCUT2D eigenvalue weighted by Gasteiger charge is -2.17. The van der Waals surface area contributed by atoms with Crippen molar-refractivity contribution < 1.29 is 19.7 Å². The van der Waals surface area contributed by atoms with Crippen molar-refractivity contribution in [3.63, 3.8) is 0 Å². The number of hydrogen-bond donors (Lipinski definition) is 3. The summed E-state index contributed by atoms with van der Waals surface area (Å²) in [5.41, 5.74) is 14.8. The van der Waals surface area contributed by atoms with Crippen molar-refractivity contribution in [2.75, 3.05) is 7.11 Å². The largest absolute Gasteiger partial charge is 0.511 e. The second kappa shape index (κ2) is 12.0. The number of esters is 1. The van der Waals surface area contributed by atoms with Gasteiger partial charge in [-0.25, -0.2) is 15.0 Å². The van der Waals surface area contributed by atoms with E-state index in [1.165, 1.54) is 12.7 Å². The van der Waals surface area contributed by atoms with Gasteiger partial charge in [0.2, 0.25) is 0 Å². The Hall–Kier alpha value is -4.04. The number of allylic oxidation sites excluding steroid dienone is 11. The highest BCUT2D eigenvalue weighted by atomic mass is 16.5. The fourth-order valence-corrected chi connectivity index (χ4v) is 7.92. The quantitative estimate of drug-likeness (QED) is 0.256. The molecule has 8 bridgehead atoms. The molecule has 6 rings (SSSR count). The van der Waals surface area contributed by atoms with Crippen LogP contribution in [0.2, 0.25) is 0 Å². The van der Waals surface area contributed by atoms with Crippen LogP contribution < -0.4 is 5.32 Å². The van der Waals surface area contributed by atoms with Crippen molar-refractivity contribution in [1.29, 1.82) is 0 Å². The Kier molecular flexibility index (Phi) is 8.30. The summed E-state index contributed by atoms with van der Waals surface area (Å²) >= 11 is 0. The van der Waals surface area contributed by atoms with E-state index in [0.717, 1.165) is 97.5 Å². The van der Waals surface area contributed by atoms with Gasteiger partial charge in [-0.1, -0.05) is 27.7 Å². The Labute approximate surface area is 272 Å². The van der Waals surface area contributed by atoms with E-state index in [1.807, 2.05) is 13.0 Å². The summed E-state index contributed by atoms with van der Waals surface area (Å²) < 4.78 is 5.02. The number of nitrogens with zero attached hydrogens (tertiary/aromatic N) is 3. The van der Waals surface area contributed by atoms with E-state index in [4.69, 9.17) is 19.7 Å². The van der Waals surface area contributed by atoms with Crippen LogP contribution in [-0.4, -0.2) is 46.5 Å². The highest BCUT2D eigenvalue weighted by Gasteiger charge is 2.42. The zero-order valence-electron chi connectivity index (χ0n) is 28.6. The highest BCUT2D eigenvalue weighted by molar-refractivity contribution is 6.21. The number of aliphatic hydroxyl groups is 2. The van der Waals surface area contributed by atoms with Gasteiger partial charge < -0.3 is 20.3 Å². The minimum atomic E-state index is -0.711. The summed E-state index contributed by atoms with van der Waals surface area (Å²) in [5.74, 6) is 0.540. The number of ether oxygens (including phenoxy) is 1. The van der Waals surface area contributed by atoms with Gasteiger partial charge in [0.25, 0.3) is 0 Å². The maximum absolute atomic E-state index is 12.3. The molecule has 0 radical (unpaired) electrons. The van der Waals surface area contributed by atoms with Gasteiger partial charge in [-0.15, -0.1) is 0 Å². The van der Waals surface area contributed by atoms with Crippen LogP contribution in [0.15, 0.2) is 106 Å². The molecule has 0 amide bonds. The smallest absolute Gasteiger partial charge is 0.305 e. The van der Waals surface area contributed by atoms with Crippen molar-refractivity contribution in [2.45, 2.75) is 93.6 Å². The molecule has 1 saturated heterocycles. The van der Waals surface area contributed by atoms with Crippen molar-refractivity contribution >= 4 is 23.1 Å². The average Bonchev–Trinajstić information content (AvgIpc) is 3.77. The maximum Gasteiger partial charge on any atom is 0.305 e. The number of nitrogens with one attached hydrogen (secondary N) is 1. The summed E-state index contributed by atoms with van der Waals surface area (Å²) in [6.45, 7) is 16.7. The molecule has 1 unspecified atom stereocenters. The van der Waals surface area contributed by atoms with E-state index in [-0.39, 0.29) is 24.2 Å². The molecule has 6 aliphatic rings. The fraction of sp³-hybridized carbons (Fsp3) is 0.474. The molecule has 1 fully saturated rings. The minimum absolute atomic E-state index is 0.0144. The predicted octanol–water partition coefficient (Wildman–Crippen LogP) is 7.41. The Morgan fingerprint density at radius 3 is 2.39 bits per heavy atom. The zero-order valence-corrected chi connectivity index (χ0v) is 28.6. The van der Waals surface area contributed by atoms with Crippen LogP contribution in [0.25, 0.3) is 0 Å². The lowest BCUT2D eigenvalue weighted by Crippen LogP contribution is -2.16. The van der Waals surface area contributed by atoms with Gasteiger partial charge in [0.1, 0.15) is 5.76 Å². The summed E-state index contributed by atoms with van der Waals surface area (Å²) in [4.78, 5) is 27.9. The monoisotopic (exact) mass is 622 g/mol. The molecule has 5 aliphatic heterocycles. The molecular formula is C38H46N4O4. The third kappa shape index (κ3) is 5.11. The van der Waals surface area contributed by atoms with E-state index < -0.39 is 6.10 Å². The van der Waals surface area contributed by atoms with Crippen LogP contribution in [0.5, 0.6) is 0 Å².